The number of nitrogens with one attached hydrogen (secondary N) is 1. The fourth-order valence-electron chi connectivity index (χ4n) is 2.56. The van der Waals surface area contributed by atoms with Gasteiger partial charge in [0.2, 0.25) is 0 Å². The second-order valence-electron chi connectivity index (χ2n) is 4.84. The van der Waals surface area contributed by atoms with Crippen LogP contribution in [0.15, 0.2) is 48.5 Å². The zero-order valence-corrected chi connectivity index (χ0v) is 12.6. The van der Waals surface area contributed by atoms with E-state index >= 15 is 0 Å². The molecule has 0 unspecified atom stereocenters. The summed E-state index contributed by atoms with van der Waals surface area (Å²) in [6, 6.07) is 17.1. The van der Waals surface area contributed by atoms with Crippen molar-refractivity contribution in [3.63, 3.8) is 0 Å². The molecular weight excluding hydrogens is 217 g/mol. The molecule has 0 saturated carbocycles. The van der Waals surface area contributed by atoms with Gasteiger partial charge >= 0.3 is 29.6 Å². The van der Waals surface area contributed by atoms with Gasteiger partial charge in [-0.3, -0.25) is 0 Å². The molecule has 2 aromatic rings. The van der Waals surface area contributed by atoms with Crippen molar-refractivity contribution < 1.29 is 31.0 Å². The zero-order valence-electron chi connectivity index (χ0n) is 11.6. The van der Waals surface area contributed by atoms with E-state index in [0.29, 0.717) is 0 Å². The first-order valence-electron chi connectivity index (χ1n) is 5.65. The van der Waals surface area contributed by atoms with Gasteiger partial charge < -0.3 is 6.74 Å². The Balaban J connectivity index is 0.000000810. The molecule has 17 heavy (non-hydrogen) atoms. The average Bonchev–Trinajstić information content (AvgIpc) is 2.29. The van der Waals surface area contributed by atoms with Crippen molar-refractivity contribution in [3.05, 3.63) is 59.7 Å². The third kappa shape index (κ3) is 1.93. The fraction of sp³-hybridized carbons (Fsp3) is 0.200. The Labute approximate surface area is 126 Å². The monoisotopic (exact) mass is 233 g/mol. The summed E-state index contributed by atoms with van der Waals surface area (Å²) in [4.78, 5) is 0. The maximum atomic E-state index is 3.50. The summed E-state index contributed by atoms with van der Waals surface area (Å²) in [5.41, 5.74) is 5.28. The molecule has 2 aromatic carbocycles. The molecule has 1 aliphatic rings. The molecule has 1 nitrogen and oxygen atoms in total. The van der Waals surface area contributed by atoms with Crippen LogP contribution in [0.1, 0.15) is 26.4 Å². The molecule has 82 valence electrons. The molecule has 0 atom stereocenters. The molecule has 1 heterocycles. The third-order valence-electron chi connectivity index (χ3n) is 3.47. The molecule has 3 rings (SSSR count). The first-order valence-corrected chi connectivity index (χ1v) is 5.65. The van der Waals surface area contributed by atoms with Crippen molar-refractivity contribution in [2.24, 2.45) is 0 Å². The van der Waals surface area contributed by atoms with Crippen LogP contribution in [-0.2, 0) is 5.41 Å². The topological polar surface area (TPSA) is 12.0 Å². The zero-order chi connectivity index (χ0) is 11.2. The number of para-hydroxylation sites is 2. The number of hydrogen-bond donors (Lipinski definition) is 1. The first-order chi connectivity index (χ1) is 7.69. The molecular formula is C15H16NNa. The molecule has 0 aromatic heterocycles. The Morgan fingerprint density at radius 2 is 1.24 bits per heavy atom. The maximum Gasteiger partial charge on any atom is 1.00 e. The van der Waals surface area contributed by atoms with E-state index in [4.69, 9.17) is 0 Å². The van der Waals surface area contributed by atoms with Crippen LogP contribution in [0.3, 0.4) is 0 Å². The summed E-state index contributed by atoms with van der Waals surface area (Å²) in [7, 11) is 0. The molecule has 1 aliphatic heterocycles. The van der Waals surface area contributed by atoms with E-state index < -0.39 is 0 Å². The van der Waals surface area contributed by atoms with E-state index in [-0.39, 0.29) is 36.4 Å². The minimum atomic E-state index is 0. The molecule has 0 spiro atoms. The van der Waals surface area contributed by atoms with Crippen LogP contribution in [0.4, 0.5) is 11.4 Å². The molecule has 0 radical (unpaired) electrons. The van der Waals surface area contributed by atoms with E-state index in [9.17, 15) is 0 Å². The number of anilines is 2. The molecule has 0 aliphatic carbocycles. The van der Waals surface area contributed by atoms with Crippen LogP contribution in [0.2, 0.25) is 0 Å². The maximum absolute atomic E-state index is 3.50. The second kappa shape index (κ2) is 4.49. The van der Waals surface area contributed by atoms with Crippen molar-refractivity contribution in [1.82, 2.24) is 0 Å². The Hall–Kier alpha value is -0.760. The van der Waals surface area contributed by atoms with E-state index in [1.54, 1.807) is 0 Å². The van der Waals surface area contributed by atoms with Crippen LogP contribution in [0.5, 0.6) is 0 Å². The number of fused-ring (bicyclic) bond motifs is 2. The van der Waals surface area contributed by atoms with Crippen molar-refractivity contribution in [3.8, 4) is 0 Å². The number of rotatable bonds is 0. The third-order valence-corrected chi connectivity index (χ3v) is 3.47. The van der Waals surface area contributed by atoms with Gasteiger partial charge in [0.1, 0.15) is 0 Å². The fourth-order valence-corrected chi connectivity index (χ4v) is 2.56. The van der Waals surface area contributed by atoms with Crippen molar-refractivity contribution in [1.29, 1.82) is 0 Å². The number of hydrogen-bond acceptors (Lipinski definition) is 1. The summed E-state index contributed by atoms with van der Waals surface area (Å²) in [6.45, 7) is 4.57. The van der Waals surface area contributed by atoms with Crippen LogP contribution in [0, 0.1) is 0 Å². The second-order valence-corrected chi connectivity index (χ2v) is 4.84. The smallest absolute Gasteiger partial charge is 1.00 e. The van der Waals surface area contributed by atoms with Crippen LogP contribution in [-0.4, -0.2) is 0 Å². The molecule has 1 N–H and O–H groups in total. The van der Waals surface area contributed by atoms with Crippen LogP contribution < -0.4 is 34.9 Å². The van der Waals surface area contributed by atoms with E-state index in [1.165, 1.54) is 22.5 Å². The van der Waals surface area contributed by atoms with Crippen molar-refractivity contribution in [2.45, 2.75) is 19.3 Å². The quantitative estimate of drug-likeness (QED) is 0.674. The van der Waals surface area contributed by atoms with Crippen molar-refractivity contribution in [2.75, 3.05) is 5.32 Å². The van der Waals surface area contributed by atoms with Crippen LogP contribution in [0.25, 0.3) is 0 Å². The minimum absolute atomic E-state index is 0. The molecule has 0 fully saturated rings. The molecule has 2 heteroatoms. The Morgan fingerprint density at radius 3 is 1.71 bits per heavy atom. The molecule has 0 amide bonds. The van der Waals surface area contributed by atoms with Gasteiger partial charge in [-0.1, -0.05) is 50.2 Å². The van der Waals surface area contributed by atoms with Gasteiger partial charge in [-0.05, 0) is 23.3 Å². The van der Waals surface area contributed by atoms with E-state index in [1.807, 2.05) is 0 Å². The summed E-state index contributed by atoms with van der Waals surface area (Å²) >= 11 is 0. The largest absolute Gasteiger partial charge is 1.00 e. The van der Waals surface area contributed by atoms with E-state index in [2.05, 4.69) is 67.7 Å². The van der Waals surface area contributed by atoms with E-state index in [0.717, 1.165) is 0 Å². The predicted molar refractivity (Wildman–Crippen MR) is 69.4 cm³/mol. The average molecular weight is 233 g/mol. The van der Waals surface area contributed by atoms with Gasteiger partial charge in [-0.25, -0.2) is 0 Å². The Bertz CT molecular complexity index is 504. The minimum Gasteiger partial charge on any atom is -1.00 e. The normalized spacial score (nSPS) is 14.9. The molecule has 0 saturated heterocycles. The van der Waals surface area contributed by atoms with Gasteiger partial charge in [0.15, 0.2) is 0 Å². The first kappa shape index (κ1) is 12.7. The summed E-state index contributed by atoms with van der Waals surface area (Å²) in [5.74, 6) is 0. The van der Waals surface area contributed by atoms with Gasteiger partial charge in [0.25, 0.3) is 0 Å². The summed E-state index contributed by atoms with van der Waals surface area (Å²) in [6.07, 6.45) is 0. The van der Waals surface area contributed by atoms with Crippen molar-refractivity contribution >= 4 is 11.4 Å². The summed E-state index contributed by atoms with van der Waals surface area (Å²) < 4.78 is 0. The van der Waals surface area contributed by atoms with Gasteiger partial charge in [0, 0.05) is 16.8 Å². The Morgan fingerprint density at radius 1 is 0.824 bits per heavy atom. The Kier molecular flexibility index (Phi) is 3.35. The van der Waals surface area contributed by atoms with Gasteiger partial charge in [-0.2, -0.15) is 0 Å². The number of benzene rings is 2. The van der Waals surface area contributed by atoms with Gasteiger partial charge in [0.05, 0.1) is 0 Å². The SMILES string of the molecule is CC1(C)c2ccccc2Nc2ccccc21.[H-].[Na+]. The summed E-state index contributed by atoms with van der Waals surface area (Å²) in [5, 5.41) is 3.50. The van der Waals surface area contributed by atoms with Gasteiger partial charge in [-0.15, -0.1) is 0 Å². The molecule has 0 bridgehead atoms. The van der Waals surface area contributed by atoms with Crippen LogP contribution >= 0.6 is 0 Å². The predicted octanol–water partition coefficient (Wildman–Crippen LogP) is 1.19. The standard InChI is InChI=1S/C15H15N.Na.H/c1-15(2)11-7-3-5-9-13(11)16-14-10-6-4-8-12(14)15;;/h3-10,16H,1-2H3;;/q;+1;-1.